The summed E-state index contributed by atoms with van der Waals surface area (Å²) in [5.74, 6) is 0. The van der Waals surface area contributed by atoms with E-state index in [-0.39, 0.29) is 60.3 Å². The van der Waals surface area contributed by atoms with Gasteiger partial charge < -0.3 is 35.8 Å². The molecule has 0 aliphatic rings. The summed E-state index contributed by atoms with van der Waals surface area (Å²) in [6.07, 6.45) is -2.33. The van der Waals surface area contributed by atoms with Gasteiger partial charge in [-0.3, -0.25) is 0 Å². The van der Waals surface area contributed by atoms with Crippen LogP contribution in [0.3, 0.4) is 0 Å². The molecule has 0 aliphatic carbocycles. The molecule has 0 fully saturated rings. The third-order valence-electron chi connectivity index (χ3n) is 0. The number of rotatable bonds is 0. The number of hydrogen-bond acceptors (Lipinski definition) is 6. The summed E-state index contributed by atoms with van der Waals surface area (Å²) in [7, 11) is 0. The van der Waals surface area contributed by atoms with E-state index in [9.17, 15) is 0 Å². The van der Waals surface area contributed by atoms with Crippen molar-refractivity contribution in [2.24, 2.45) is 0 Å². The SMILES string of the molecule is O.O=C([O-])[O-].O=[N+]([O-])[O-].[Ca+2].[Cu+]. The Morgan fingerprint density at radius 3 is 1.18 bits per heavy atom. The number of carboxylic acid groups (broad SMARTS) is 2. The number of carbonyl (C=O) groups is 1. The van der Waals surface area contributed by atoms with Gasteiger partial charge in [-0.2, -0.15) is 0 Å². The molecule has 0 saturated heterocycles. The van der Waals surface area contributed by atoms with Gasteiger partial charge in [0.25, 0.3) is 0 Å². The van der Waals surface area contributed by atoms with Gasteiger partial charge in [-0.25, -0.2) is 0 Å². The smallest absolute Gasteiger partial charge is 0.652 e. The van der Waals surface area contributed by atoms with Crippen molar-refractivity contribution in [3.8, 4) is 0 Å². The maximum Gasteiger partial charge on any atom is 2.00 e. The van der Waals surface area contributed by atoms with E-state index in [4.69, 9.17) is 30.3 Å². The van der Waals surface area contributed by atoms with Crippen LogP contribution in [-0.4, -0.2) is 54.5 Å². The Kier molecular flexibility index (Phi) is 61.9. The van der Waals surface area contributed by atoms with Crippen LogP contribution >= 0.6 is 0 Å². The molecule has 0 atom stereocenters. The molecule has 2 N–H and O–H groups in total. The summed E-state index contributed by atoms with van der Waals surface area (Å²) in [6.45, 7) is 0. The Hall–Kier alpha value is 0.209. The van der Waals surface area contributed by atoms with Crippen LogP contribution in [-0.2, 0) is 17.1 Å². The largest absolute Gasteiger partial charge is 2.00 e. The molecule has 0 radical (unpaired) electrons. The summed E-state index contributed by atoms with van der Waals surface area (Å²) >= 11 is 0. The fraction of sp³-hybridized carbons (Fsp3) is 0. The van der Waals surface area contributed by atoms with E-state index in [1.807, 2.05) is 0 Å². The van der Waals surface area contributed by atoms with Crippen molar-refractivity contribution in [1.82, 2.24) is 0 Å². The Balaban J connectivity index is -0.0000000171. The first-order chi connectivity index (χ1) is 3.46. The predicted octanol–water partition coefficient (Wildman–Crippen LogP) is -3.89. The molecular formula is CH2CaCuNO7. The van der Waals surface area contributed by atoms with Crippen LogP contribution in [0.4, 0.5) is 4.79 Å². The minimum atomic E-state index is -2.33. The quantitative estimate of drug-likeness (QED) is 0.240. The molecule has 0 aromatic carbocycles. The van der Waals surface area contributed by atoms with Crippen LogP contribution in [0.5, 0.6) is 0 Å². The van der Waals surface area contributed by atoms with Crippen molar-refractivity contribution in [3.63, 3.8) is 0 Å². The van der Waals surface area contributed by atoms with E-state index in [2.05, 4.69) is 0 Å². The molecule has 0 saturated carbocycles. The van der Waals surface area contributed by atoms with Crippen molar-refractivity contribution >= 4 is 43.9 Å². The zero-order chi connectivity index (χ0) is 7.15. The molecule has 0 rings (SSSR count). The first kappa shape index (κ1) is 30.3. The molecule has 0 amide bonds. The minimum absolute atomic E-state index is 0. The average molecular weight is 244 g/mol. The van der Waals surface area contributed by atoms with Crippen LogP contribution in [0.25, 0.3) is 0 Å². The zero-order valence-corrected chi connectivity index (χ0v) is 8.06. The monoisotopic (exact) mass is 243 g/mol. The fourth-order valence-electron chi connectivity index (χ4n) is 0. The molecule has 8 nitrogen and oxygen atoms in total. The number of carbonyl (C=O) groups excluding carboxylic acids is 1. The van der Waals surface area contributed by atoms with Gasteiger partial charge in [-0.05, 0) is 6.16 Å². The van der Waals surface area contributed by atoms with Crippen LogP contribution in [0.1, 0.15) is 0 Å². The van der Waals surface area contributed by atoms with Crippen LogP contribution in [0.15, 0.2) is 0 Å². The summed E-state index contributed by atoms with van der Waals surface area (Å²) in [5.41, 5.74) is 0. The maximum absolute atomic E-state index is 8.33. The molecule has 0 spiro atoms. The molecule has 0 aliphatic heterocycles. The maximum atomic E-state index is 8.33. The normalized spacial score (nSPS) is 4.36. The molecule has 0 aromatic heterocycles. The van der Waals surface area contributed by atoms with Gasteiger partial charge in [0, 0.05) is 0 Å². The van der Waals surface area contributed by atoms with Crippen LogP contribution in [0, 0.1) is 15.3 Å². The van der Waals surface area contributed by atoms with Gasteiger partial charge in [0.15, 0.2) is 0 Å². The van der Waals surface area contributed by atoms with E-state index in [0.717, 1.165) is 0 Å². The first-order valence-corrected chi connectivity index (χ1v) is 1.16. The molecule has 11 heavy (non-hydrogen) atoms. The van der Waals surface area contributed by atoms with Gasteiger partial charge in [-0.15, -0.1) is 0 Å². The fourth-order valence-corrected chi connectivity index (χ4v) is 0. The van der Waals surface area contributed by atoms with E-state index in [0.29, 0.717) is 0 Å². The van der Waals surface area contributed by atoms with Gasteiger partial charge in [0.1, 0.15) is 0 Å². The Morgan fingerprint density at radius 1 is 1.18 bits per heavy atom. The minimum Gasteiger partial charge on any atom is -0.652 e. The van der Waals surface area contributed by atoms with Crippen molar-refractivity contribution in [2.45, 2.75) is 0 Å². The van der Waals surface area contributed by atoms with Crippen LogP contribution in [0.2, 0.25) is 0 Å². The summed E-state index contributed by atoms with van der Waals surface area (Å²) in [4.78, 5) is 16.6. The second-order valence-corrected chi connectivity index (χ2v) is 0.474. The zero-order valence-electron chi connectivity index (χ0n) is 4.91. The molecule has 66 valence electrons. The van der Waals surface area contributed by atoms with Gasteiger partial charge in [-0.1, -0.05) is 0 Å². The molecule has 10 heteroatoms. The topological polar surface area (TPSA) is 161 Å². The average Bonchev–Trinajstić information content (AvgIpc) is 1.25. The van der Waals surface area contributed by atoms with Gasteiger partial charge >= 0.3 is 54.8 Å². The first-order valence-electron chi connectivity index (χ1n) is 1.16. The standard InChI is InChI=1S/CH2O3.Ca.Cu.NO3.H2O/c2-1(3)4;;;2-1(3)4;/h(H2,2,3,4);;;;1H2/q;+2;+1;-1;/p-2. The van der Waals surface area contributed by atoms with E-state index >= 15 is 0 Å². The Bertz CT molecular complexity index is 76.4. The number of hydrogen-bond donors (Lipinski definition) is 0. The van der Waals surface area contributed by atoms with E-state index in [1.54, 1.807) is 0 Å². The van der Waals surface area contributed by atoms with Crippen molar-refractivity contribution < 1.29 is 42.6 Å². The van der Waals surface area contributed by atoms with Crippen LogP contribution < -0.4 is 10.2 Å². The van der Waals surface area contributed by atoms with Gasteiger partial charge in [0.05, 0.1) is 5.09 Å². The van der Waals surface area contributed by atoms with E-state index in [1.165, 1.54) is 0 Å². The Labute approximate surface area is 101 Å². The number of nitrogens with zero attached hydrogens (tertiary/aromatic N) is 1. The second-order valence-electron chi connectivity index (χ2n) is 0.474. The van der Waals surface area contributed by atoms with Crippen molar-refractivity contribution in [3.05, 3.63) is 15.3 Å². The third kappa shape index (κ3) is 15700. The van der Waals surface area contributed by atoms with Crippen molar-refractivity contribution in [2.75, 3.05) is 0 Å². The Morgan fingerprint density at radius 2 is 1.18 bits per heavy atom. The molecular weight excluding hydrogens is 242 g/mol. The third-order valence-corrected chi connectivity index (χ3v) is 0. The molecule has 0 aromatic rings. The molecule has 0 unspecified atom stereocenters. The molecule has 0 bridgehead atoms. The summed E-state index contributed by atoms with van der Waals surface area (Å²) in [5, 5.41) is 31.4. The second kappa shape index (κ2) is 22.5. The predicted molar refractivity (Wildman–Crippen MR) is 25.1 cm³/mol. The summed E-state index contributed by atoms with van der Waals surface area (Å²) < 4.78 is 0. The van der Waals surface area contributed by atoms with E-state index < -0.39 is 11.2 Å². The van der Waals surface area contributed by atoms with Gasteiger partial charge in [0.2, 0.25) is 0 Å². The molecule has 0 heterocycles. The summed E-state index contributed by atoms with van der Waals surface area (Å²) in [6, 6.07) is 0. The van der Waals surface area contributed by atoms with Crippen molar-refractivity contribution in [1.29, 1.82) is 0 Å².